The van der Waals surface area contributed by atoms with Gasteiger partial charge in [0.25, 0.3) is 0 Å². The topological polar surface area (TPSA) is 73.1 Å². The highest BCUT2D eigenvalue weighted by Gasteiger charge is 2.34. The van der Waals surface area contributed by atoms with Crippen molar-refractivity contribution in [2.45, 2.75) is 12.7 Å². The number of benzene rings is 1. The molecule has 2 N–H and O–H groups in total. The van der Waals surface area contributed by atoms with Crippen LogP contribution in [-0.4, -0.2) is 11.2 Å². The van der Waals surface area contributed by atoms with Gasteiger partial charge < -0.3 is 10.4 Å². The average Bonchev–Trinajstić information content (AvgIpc) is 2.24. The lowest BCUT2D eigenvalue weighted by Crippen LogP contribution is -2.21. The van der Waals surface area contributed by atoms with Gasteiger partial charge in [0, 0.05) is 6.54 Å². The highest BCUT2D eigenvalue weighted by atomic mass is 19.4. The number of hydrogen-bond donors (Lipinski definition) is 2. The van der Waals surface area contributed by atoms with Crippen LogP contribution in [0.4, 0.5) is 18.0 Å². The summed E-state index contributed by atoms with van der Waals surface area (Å²) in [5.74, 6) is 0. The normalized spacial score (nSPS) is 10.7. The first kappa shape index (κ1) is 12.8. The van der Waals surface area contributed by atoms with E-state index in [0.717, 1.165) is 12.1 Å². The number of alkyl halides is 3. The Labute approximate surface area is 94.3 Å². The van der Waals surface area contributed by atoms with Gasteiger partial charge in [-0.05, 0) is 11.6 Å². The number of carboxylic acid groups (broad SMARTS) is 1. The molecule has 1 aromatic carbocycles. The molecule has 0 saturated heterocycles. The second-order valence-corrected chi connectivity index (χ2v) is 3.11. The lowest BCUT2D eigenvalue weighted by atomic mass is 10.0. The number of nitrogens with one attached hydrogen (secondary N) is 1. The Bertz CT molecular complexity index is 477. The van der Waals surface area contributed by atoms with Crippen LogP contribution >= 0.6 is 0 Å². The highest BCUT2D eigenvalue weighted by Crippen LogP contribution is 2.32. The van der Waals surface area contributed by atoms with Gasteiger partial charge in [0.2, 0.25) is 0 Å². The van der Waals surface area contributed by atoms with Crippen LogP contribution in [0.2, 0.25) is 0 Å². The van der Waals surface area contributed by atoms with Crippen LogP contribution in [0.25, 0.3) is 0 Å². The number of rotatable bonds is 2. The van der Waals surface area contributed by atoms with E-state index in [1.807, 2.05) is 5.32 Å². The van der Waals surface area contributed by atoms with Gasteiger partial charge in [-0.1, -0.05) is 12.1 Å². The van der Waals surface area contributed by atoms with Crippen molar-refractivity contribution in [3.8, 4) is 6.07 Å². The minimum atomic E-state index is -4.63. The molecule has 0 fully saturated rings. The maximum atomic E-state index is 12.5. The molecule has 0 unspecified atom stereocenters. The number of hydrogen-bond acceptors (Lipinski definition) is 2. The van der Waals surface area contributed by atoms with Crippen LogP contribution < -0.4 is 5.32 Å². The van der Waals surface area contributed by atoms with Gasteiger partial charge in [0.05, 0.1) is 11.1 Å². The molecule has 0 heterocycles. The molecule has 17 heavy (non-hydrogen) atoms. The Balaban J connectivity index is 3.16. The molecule has 1 aromatic rings. The molecular formula is C10H7F3N2O2. The summed E-state index contributed by atoms with van der Waals surface area (Å²) >= 11 is 0. The molecule has 0 radical (unpaired) electrons. The summed E-state index contributed by atoms with van der Waals surface area (Å²) in [5, 5.41) is 19.0. The SMILES string of the molecule is N#Cc1c(CNC(=O)O)cccc1C(F)(F)F. The van der Waals surface area contributed by atoms with Gasteiger partial charge in [0.1, 0.15) is 6.07 Å². The van der Waals surface area contributed by atoms with E-state index in [-0.39, 0.29) is 12.1 Å². The quantitative estimate of drug-likeness (QED) is 0.838. The number of halogens is 3. The van der Waals surface area contributed by atoms with Crippen LogP contribution in [0, 0.1) is 11.3 Å². The largest absolute Gasteiger partial charge is 0.465 e. The van der Waals surface area contributed by atoms with E-state index in [1.54, 1.807) is 0 Å². The summed E-state index contributed by atoms with van der Waals surface area (Å²) in [5.41, 5.74) is -1.64. The Morgan fingerprint density at radius 2 is 2.12 bits per heavy atom. The van der Waals surface area contributed by atoms with Crippen LogP contribution in [0.1, 0.15) is 16.7 Å². The lowest BCUT2D eigenvalue weighted by molar-refractivity contribution is -0.137. The zero-order valence-electron chi connectivity index (χ0n) is 8.38. The molecular weight excluding hydrogens is 237 g/mol. The highest BCUT2D eigenvalue weighted by molar-refractivity contribution is 5.64. The smallest absolute Gasteiger partial charge is 0.417 e. The van der Waals surface area contributed by atoms with Crippen molar-refractivity contribution >= 4 is 6.09 Å². The monoisotopic (exact) mass is 244 g/mol. The van der Waals surface area contributed by atoms with E-state index < -0.39 is 23.4 Å². The van der Waals surface area contributed by atoms with Crippen LogP contribution in [0.15, 0.2) is 18.2 Å². The van der Waals surface area contributed by atoms with Gasteiger partial charge in [-0.3, -0.25) is 0 Å². The summed E-state index contributed by atoms with van der Waals surface area (Å²) < 4.78 is 37.6. The fraction of sp³-hybridized carbons (Fsp3) is 0.200. The van der Waals surface area contributed by atoms with E-state index >= 15 is 0 Å². The second kappa shape index (κ2) is 4.74. The Kier molecular flexibility index (Phi) is 3.58. The molecule has 0 aromatic heterocycles. The second-order valence-electron chi connectivity index (χ2n) is 3.11. The zero-order chi connectivity index (χ0) is 13.1. The third kappa shape index (κ3) is 3.11. The summed E-state index contributed by atoms with van der Waals surface area (Å²) in [4.78, 5) is 10.2. The molecule has 0 aliphatic rings. The number of nitrogens with zero attached hydrogens (tertiary/aromatic N) is 1. The van der Waals surface area contributed by atoms with Crippen LogP contribution in [0.3, 0.4) is 0 Å². The summed E-state index contributed by atoms with van der Waals surface area (Å²) in [6, 6.07) is 4.62. The Hall–Kier alpha value is -2.23. The van der Waals surface area contributed by atoms with Gasteiger partial charge in [-0.2, -0.15) is 18.4 Å². The molecule has 0 bridgehead atoms. The number of amides is 1. The minimum Gasteiger partial charge on any atom is -0.465 e. The van der Waals surface area contributed by atoms with Crippen molar-refractivity contribution in [3.05, 3.63) is 34.9 Å². The van der Waals surface area contributed by atoms with Crippen LogP contribution in [-0.2, 0) is 12.7 Å². The van der Waals surface area contributed by atoms with Gasteiger partial charge >= 0.3 is 12.3 Å². The molecule has 4 nitrogen and oxygen atoms in total. The summed E-state index contributed by atoms with van der Waals surface area (Å²) in [7, 11) is 0. The third-order valence-electron chi connectivity index (χ3n) is 2.00. The first-order valence-electron chi connectivity index (χ1n) is 4.42. The predicted octanol–water partition coefficient (Wildman–Crippen LogP) is 2.34. The zero-order valence-corrected chi connectivity index (χ0v) is 8.38. The average molecular weight is 244 g/mol. The van der Waals surface area contributed by atoms with E-state index in [2.05, 4.69) is 0 Å². The van der Waals surface area contributed by atoms with Crippen molar-refractivity contribution < 1.29 is 23.1 Å². The molecule has 7 heteroatoms. The molecule has 0 aliphatic carbocycles. The maximum absolute atomic E-state index is 12.5. The number of nitriles is 1. The fourth-order valence-corrected chi connectivity index (χ4v) is 1.29. The van der Waals surface area contributed by atoms with Crippen LogP contribution in [0.5, 0.6) is 0 Å². The molecule has 0 spiro atoms. The standard InChI is InChI=1S/C10H7F3N2O2/c11-10(12,13)8-3-1-2-6(7(8)4-14)5-15-9(16)17/h1-3,15H,5H2,(H,16,17). The molecule has 0 saturated carbocycles. The molecule has 90 valence electrons. The van der Waals surface area contributed by atoms with E-state index in [9.17, 15) is 18.0 Å². The first-order chi connectivity index (χ1) is 7.86. The van der Waals surface area contributed by atoms with Gasteiger partial charge in [0.15, 0.2) is 0 Å². The van der Waals surface area contributed by atoms with Crippen molar-refractivity contribution in [1.29, 1.82) is 5.26 Å². The summed E-state index contributed by atoms with van der Waals surface area (Å²) in [6.07, 6.45) is -6.00. The predicted molar refractivity (Wildman–Crippen MR) is 51.0 cm³/mol. The first-order valence-corrected chi connectivity index (χ1v) is 4.42. The Morgan fingerprint density at radius 3 is 2.59 bits per heavy atom. The molecule has 0 atom stereocenters. The molecule has 0 aliphatic heterocycles. The van der Waals surface area contributed by atoms with Gasteiger partial charge in [-0.25, -0.2) is 4.79 Å². The van der Waals surface area contributed by atoms with Crippen molar-refractivity contribution in [3.63, 3.8) is 0 Å². The number of carbonyl (C=O) groups is 1. The molecule has 1 rings (SSSR count). The van der Waals surface area contributed by atoms with E-state index in [0.29, 0.717) is 0 Å². The fourth-order valence-electron chi connectivity index (χ4n) is 1.29. The lowest BCUT2D eigenvalue weighted by Gasteiger charge is -2.11. The van der Waals surface area contributed by atoms with Gasteiger partial charge in [-0.15, -0.1) is 0 Å². The van der Waals surface area contributed by atoms with E-state index in [4.69, 9.17) is 10.4 Å². The van der Waals surface area contributed by atoms with Crippen molar-refractivity contribution in [2.24, 2.45) is 0 Å². The van der Waals surface area contributed by atoms with Crippen molar-refractivity contribution in [1.82, 2.24) is 5.32 Å². The molecule has 1 amide bonds. The maximum Gasteiger partial charge on any atom is 0.417 e. The minimum absolute atomic E-state index is 0.00951. The van der Waals surface area contributed by atoms with Crippen molar-refractivity contribution in [2.75, 3.05) is 0 Å². The van der Waals surface area contributed by atoms with E-state index in [1.165, 1.54) is 12.1 Å². The third-order valence-corrected chi connectivity index (χ3v) is 2.00. The summed E-state index contributed by atoms with van der Waals surface area (Å²) in [6.45, 7) is -0.345. The Morgan fingerprint density at radius 1 is 1.47 bits per heavy atom.